The number of nitrogens with zero attached hydrogens (tertiary/aromatic N) is 4. The van der Waals surface area contributed by atoms with E-state index in [9.17, 15) is 10.1 Å². The molecule has 0 fully saturated rings. The molecule has 6 nitrogen and oxygen atoms in total. The normalized spacial score (nSPS) is 11.5. The van der Waals surface area contributed by atoms with E-state index in [0.29, 0.717) is 10.5 Å². The summed E-state index contributed by atoms with van der Waals surface area (Å²) >= 11 is 4.74. The molecule has 4 aromatic rings. The Morgan fingerprint density at radius 2 is 1.64 bits per heavy atom. The maximum atomic E-state index is 10.9. The van der Waals surface area contributed by atoms with E-state index in [-0.39, 0.29) is 5.69 Å². The van der Waals surface area contributed by atoms with E-state index in [0.717, 1.165) is 21.5 Å². The van der Waals surface area contributed by atoms with Gasteiger partial charge in [0.15, 0.2) is 5.82 Å². The SMILES string of the molecule is O=[N+]([O-])c1ccc(N=c2snc(-c3ccccc3)n2-c2ccc(Br)cc2)cc1. The second kappa shape index (κ2) is 7.87. The first kappa shape index (κ1) is 18.3. The van der Waals surface area contributed by atoms with Crippen LogP contribution in [0.15, 0.2) is 88.3 Å². The van der Waals surface area contributed by atoms with Crippen LogP contribution in [0.4, 0.5) is 11.4 Å². The lowest BCUT2D eigenvalue weighted by molar-refractivity contribution is -0.384. The molecule has 0 aliphatic rings. The lowest BCUT2D eigenvalue weighted by Crippen LogP contribution is -2.13. The van der Waals surface area contributed by atoms with Crippen LogP contribution in [0.2, 0.25) is 0 Å². The lowest BCUT2D eigenvalue weighted by Gasteiger charge is -2.08. The maximum absolute atomic E-state index is 10.9. The third kappa shape index (κ3) is 3.78. The van der Waals surface area contributed by atoms with Gasteiger partial charge in [-0.05, 0) is 36.4 Å². The fraction of sp³-hybridized carbons (Fsp3) is 0. The van der Waals surface area contributed by atoms with Gasteiger partial charge in [-0.25, -0.2) is 4.99 Å². The summed E-state index contributed by atoms with van der Waals surface area (Å²) in [4.78, 5) is 15.8. The van der Waals surface area contributed by atoms with Crippen LogP contribution in [0.3, 0.4) is 0 Å². The van der Waals surface area contributed by atoms with E-state index in [1.54, 1.807) is 12.1 Å². The van der Waals surface area contributed by atoms with Crippen LogP contribution in [0, 0.1) is 10.1 Å². The molecule has 0 bridgehead atoms. The topological polar surface area (TPSA) is 73.3 Å². The van der Waals surface area contributed by atoms with Crippen molar-refractivity contribution in [2.24, 2.45) is 4.99 Å². The highest BCUT2D eigenvalue weighted by molar-refractivity contribution is 9.10. The molecule has 0 N–H and O–H groups in total. The van der Waals surface area contributed by atoms with Crippen molar-refractivity contribution < 1.29 is 4.92 Å². The van der Waals surface area contributed by atoms with Crippen LogP contribution in [0.1, 0.15) is 0 Å². The molecule has 1 heterocycles. The predicted molar refractivity (Wildman–Crippen MR) is 113 cm³/mol. The Balaban J connectivity index is 1.89. The van der Waals surface area contributed by atoms with Crippen LogP contribution in [-0.4, -0.2) is 13.9 Å². The van der Waals surface area contributed by atoms with Gasteiger partial charge in [-0.2, -0.15) is 4.37 Å². The van der Waals surface area contributed by atoms with Crippen molar-refractivity contribution in [1.82, 2.24) is 8.94 Å². The van der Waals surface area contributed by atoms with Crippen LogP contribution < -0.4 is 4.80 Å². The molecule has 1 aromatic heterocycles. The molecule has 0 unspecified atom stereocenters. The summed E-state index contributed by atoms with van der Waals surface area (Å²) in [5, 5.41) is 10.9. The monoisotopic (exact) mass is 452 g/mol. The molecule has 0 amide bonds. The van der Waals surface area contributed by atoms with Crippen LogP contribution in [0.5, 0.6) is 0 Å². The summed E-state index contributed by atoms with van der Waals surface area (Å²) in [6.45, 7) is 0. The molecule has 28 heavy (non-hydrogen) atoms. The molecule has 138 valence electrons. The summed E-state index contributed by atoms with van der Waals surface area (Å²) in [5.74, 6) is 0.786. The number of benzene rings is 3. The third-order valence-corrected chi connectivity index (χ3v) is 5.25. The Bertz CT molecular complexity index is 1180. The standard InChI is InChI=1S/C20H13BrN4O2S/c21-15-6-10-17(11-7-15)24-19(14-4-2-1-3-5-14)23-28-20(24)22-16-8-12-18(13-9-16)25(26)27/h1-13H. The summed E-state index contributed by atoms with van der Waals surface area (Å²) < 4.78 is 7.58. The molecule has 3 aromatic carbocycles. The van der Waals surface area contributed by atoms with E-state index in [1.165, 1.54) is 23.7 Å². The number of nitro benzene ring substituents is 1. The highest BCUT2D eigenvalue weighted by Crippen LogP contribution is 2.23. The first-order chi connectivity index (χ1) is 13.6. The van der Waals surface area contributed by atoms with Crippen molar-refractivity contribution in [3.8, 4) is 17.1 Å². The Kier molecular flexibility index (Phi) is 5.14. The highest BCUT2D eigenvalue weighted by atomic mass is 79.9. The number of halogens is 1. The summed E-state index contributed by atoms with van der Waals surface area (Å²) in [6, 6.07) is 23.9. The summed E-state index contributed by atoms with van der Waals surface area (Å²) in [5.41, 5.74) is 2.57. The van der Waals surface area contributed by atoms with Gasteiger partial charge >= 0.3 is 0 Å². The van der Waals surface area contributed by atoms with E-state index < -0.39 is 4.92 Å². The van der Waals surface area contributed by atoms with Gasteiger partial charge in [-0.3, -0.25) is 14.7 Å². The quantitative estimate of drug-likeness (QED) is 0.302. The van der Waals surface area contributed by atoms with Crippen LogP contribution in [0.25, 0.3) is 17.1 Å². The maximum Gasteiger partial charge on any atom is 0.269 e. The zero-order valence-electron chi connectivity index (χ0n) is 14.4. The molecule has 0 radical (unpaired) electrons. The van der Waals surface area contributed by atoms with E-state index in [2.05, 4.69) is 25.3 Å². The Labute approximate surface area is 172 Å². The van der Waals surface area contributed by atoms with Crippen molar-refractivity contribution in [2.75, 3.05) is 0 Å². The third-order valence-electron chi connectivity index (χ3n) is 4.02. The molecule has 4 rings (SSSR count). The number of hydrogen-bond acceptors (Lipinski definition) is 5. The number of non-ortho nitro benzene ring substituents is 1. The summed E-state index contributed by atoms with van der Waals surface area (Å²) in [7, 11) is 0. The average Bonchev–Trinajstić information content (AvgIpc) is 3.13. The largest absolute Gasteiger partial charge is 0.269 e. The fourth-order valence-corrected chi connectivity index (χ4v) is 3.72. The van der Waals surface area contributed by atoms with Gasteiger partial charge in [0, 0.05) is 33.7 Å². The van der Waals surface area contributed by atoms with Crippen molar-refractivity contribution in [2.45, 2.75) is 0 Å². The van der Waals surface area contributed by atoms with Gasteiger partial charge in [-0.15, -0.1) is 0 Å². The molecule has 0 saturated carbocycles. The van der Waals surface area contributed by atoms with Gasteiger partial charge in [0.25, 0.3) is 5.69 Å². The summed E-state index contributed by atoms with van der Waals surface area (Å²) in [6.07, 6.45) is 0. The number of nitro groups is 1. The van der Waals surface area contributed by atoms with E-state index in [1.807, 2.05) is 59.2 Å². The molecule has 8 heteroatoms. The fourth-order valence-electron chi connectivity index (χ4n) is 2.68. The molecule has 0 spiro atoms. The van der Waals surface area contributed by atoms with Crippen LogP contribution >= 0.6 is 27.5 Å². The molecular weight excluding hydrogens is 440 g/mol. The molecule has 0 atom stereocenters. The number of hydrogen-bond donors (Lipinski definition) is 0. The number of aromatic nitrogens is 2. The highest BCUT2D eigenvalue weighted by Gasteiger charge is 2.12. The van der Waals surface area contributed by atoms with Gasteiger partial charge in [0.05, 0.1) is 16.3 Å². The molecule has 0 aliphatic heterocycles. The van der Waals surface area contributed by atoms with E-state index in [4.69, 9.17) is 0 Å². The minimum absolute atomic E-state index is 0.0361. The minimum atomic E-state index is -0.425. The van der Waals surface area contributed by atoms with Crippen molar-refractivity contribution in [1.29, 1.82) is 0 Å². The lowest BCUT2D eigenvalue weighted by atomic mass is 10.2. The van der Waals surface area contributed by atoms with Gasteiger partial charge < -0.3 is 0 Å². The van der Waals surface area contributed by atoms with Crippen molar-refractivity contribution in [3.63, 3.8) is 0 Å². The zero-order valence-corrected chi connectivity index (χ0v) is 16.8. The second-order valence-electron chi connectivity index (χ2n) is 5.85. The minimum Gasteiger partial charge on any atom is -0.268 e. The molecular formula is C20H13BrN4O2S. The van der Waals surface area contributed by atoms with Crippen molar-refractivity contribution in [3.05, 3.63) is 98.3 Å². The van der Waals surface area contributed by atoms with Gasteiger partial charge in [-0.1, -0.05) is 46.3 Å². The van der Waals surface area contributed by atoms with Gasteiger partial charge in [0.2, 0.25) is 4.80 Å². The van der Waals surface area contributed by atoms with Gasteiger partial charge in [0.1, 0.15) is 0 Å². The van der Waals surface area contributed by atoms with E-state index >= 15 is 0 Å². The Morgan fingerprint density at radius 1 is 0.964 bits per heavy atom. The molecule has 0 saturated heterocycles. The van der Waals surface area contributed by atoms with Crippen molar-refractivity contribution >= 4 is 38.8 Å². The molecule has 0 aliphatic carbocycles. The Hall–Kier alpha value is -3.10. The Morgan fingerprint density at radius 3 is 2.29 bits per heavy atom. The smallest absolute Gasteiger partial charge is 0.268 e. The zero-order chi connectivity index (χ0) is 19.5. The predicted octanol–water partition coefficient (Wildman–Crippen LogP) is 5.50. The first-order valence-corrected chi connectivity index (χ1v) is 9.88. The second-order valence-corrected chi connectivity index (χ2v) is 7.50. The number of rotatable bonds is 4. The van der Waals surface area contributed by atoms with Crippen LogP contribution in [-0.2, 0) is 0 Å². The first-order valence-electron chi connectivity index (χ1n) is 8.31. The average molecular weight is 453 g/mol.